The van der Waals surface area contributed by atoms with E-state index in [0.717, 1.165) is 19.5 Å². The number of amides is 1. The first-order valence-electron chi connectivity index (χ1n) is 8.37. The summed E-state index contributed by atoms with van der Waals surface area (Å²) in [7, 11) is 1.43. The summed E-state index contributed by atoms with van der Waals surface area (Å²) in [4.78, 5) is 14.8. The van der Waals surface area contributed by atoms with Crippen LogP contribution in [0.1, 0.15) is 31.9 Å². The maximum absolute atomic E-state index is 13.6. The topological polar surface area (TPSA) is 41.6 Å². The minimum absolute atomic E-state index is 0.0848. The van der Waals surface area contributed by atoms with E-state index < -0.39 is 12.5 Å². The number of likely N-dealkylation sites (tertiary alicyclic amines) is 1. The molecule has 1 unspecified atom stereocenters. The van der Waals surface area contributed by atoms with Gasteiger partial charge in [0.2, 0.25) is 5.91 Å². The minimum atomic E-state index is -2.71. The van der Waals surface area contributed by atoms with E-state index in [1.54, 1.807) is 24.3 Å². The second-order valence-electron chi connectivity index (χ2n) is 6.57. The Bertz CT molecular complexity index is 548. The number of benzene rings is 1. The second kappa shape index (κ2) is 8.42. The minimum Gasteiger partial charge on any atom is -0.496 e. The standard InChI is InChI=1S/C18H26F2N2O2/c1-12(2)14(11-22-9-6-10-22)18(23)21-16(17(19)20)13-7-4-5-8-15(13)24-3/h4-5,7-8,12,14,16-17H,6,9-11H2,1-3H3,(H,21,23)/t14?,16-/m1/s1. The average Bonchev–Trinajstić information content (AvgIpc) is 2.50. The van der Waals surface area contributed by atoms with Gasteiger partial charge in [0.25, 0.3) is 6.43 Å². The molecule has 1 amide bonds. The van der Waals surface area contributed by atoms with Crippen molar-refractivity contribution in [1.29, 1.82) is 0 Å². The molecule has 1 aromatic rings. The molecule has 2 atom stereocenters. The summed E-state index contributed by atoms with van der Waals surface area (Å²) in [6, 6.07) is 5.20. The molecule has 1 aliphatic heterocycles. The van der Waals surface area contributed by atoms with E-state index in [9.17, 15) is 13.6 Å². The summed E-state index contributed by atoms with van der Waals surface area (Å²) < 4.78 is 32.3. The molecule has 134 valence electrons. The Kier molecular flexibility index (Phi) is 6.54. The van der Waals surface area contributed by atoms with Crippen LogP contribution in [0.5, 0.6) is 5.75 Å². The Labute approximate surface area is 142 Å². The van der Waals surface area contributed by atoms with Crippen molar-refractivity contribution in [1.82, 2.24) is 10.2 Å². The zero-order chi connectivity index (χ0) is 17.7. The summed E-state index contributed by atoms with van der Waals surface area (Å²) in [6.07, 6.45) is -1.57. The van der Waals surface area contributed by atoms with Crippen molar-refractivity contribution in [2.24, 2.45) is 11.8 Å². The molecule has 0 aliphatic carbocycles. The van der Waals surface area contributed by atoms with Crippen LogP contribution in [0.2, 0.25) is 0 Å². The zero-order valence-electron chi connectivity index (χ0n) is 14.5. The van der Waals surface area contributed by atoms with Crippen molar-refractivity contribution >= 4 is 5.91 Å². The number of ether oxygens (including phenoxy) is 1. The third-order valence-corrected chi connectivity index (χ3v) is 4.57. The fraction of sp³-hybridized carbons (Fsp3) is 0.611. The lowest BCUT2D eigenvalue weighted by molar-refractivity contribution is -0.129. The van der Waals surface area contributed by atoms with Gasteiger partial charge in [-0.25, -0.2) is 8.78 Å². The smallest absolute Gasteiger partial charge is 0.262 e. The van der Waals surface area contributed by atoms with E-state index in [0.29, 0.717) is 17.9 Å². The molecule has 24 heavy (non-hydrogen) atoms. The van der Waals surface area contributed by atoms with Crippen molar-refractivity contribution in [3.8, 4) is 5.75 Å². The Morgan fingerprint density at radius 3 is 2.46 bits per heavy atom. The largest absolute Gasteiger partial charge is 0.496 e. The second-order valence-corrected chi connectivity index (χ2v) is 6.57. The third-order valence-electron chi connectivity index (χ3n) is 4.57. The molecular formula is C18H26F2N2O2. The van der Waals surface area contributed by atoms with Crippen LogP contribution in [-0.2, 0) is 4.79 Å². The van der Waals surface area contributed by atoms with Crippen molar-refractivity contribution in [3.05, 3.63) is 29.8 Å². The number of rotatable bonds is 8. The highest BCUT2D eigenvalue weighted by Crippen LogP contribution is 2.30. The van der Waals surface area contributed by atoms with E-state index >= 15 is 0 Å². The van der Waals surface area contributed by atoms with Gasteiger partial charge in [-0.1, -0.05) is 32.0 Å². The van der Waals surface area contributed by atoms with Gasteiger partial charge in [0, 0.05) is 12.1 Å². The normalized spacial score (nSPS) is 17.5. The van der Waals surface area contributed by atoms with Gasteiger partial charge in [-0.3, -0.25) is 4.79 Å². The maximum Gasteiger partial charge on any atom is 0.262 e. The number of nitrogens with one attached hydrogen (secondary N) is 1. The molecule has 2 rings (SSSR count). The van der Waals surface area contributed by atoms with Gasteiger partial charge in [-0.15, -0.1) is 0 Å². The molecule has 1 N–H and O–H groups in total. The van der Waals surface area contributed by atoms with Crippen LogP contribution < -0.4 is 10.1 Å². The number of halogens is 2. The number of methoxy groups -OCH3 is 1. The molecule has 0 spiro atoms. The maximum atomic E-state index is 13.6. The van der Waals surface area contributed by atoms with Crippen LogP contribution >= 0.6 is 0 Å². The molecule has 1 fully saturated rings. The number of carbonyl (C=O) groups is 1. The summed E-state index contributed by atoms with van der Waals surface area (Å²) in [5.74, 6) is -0.192. The molecular weight excluding hydrogens is 314 g/mol. The number of alkyl halides is 2. The summed E-state index contributed by atoms with van der Waals surface area (Å²) in [5.41, 5.74) is 0.301. The number of hydrogen-bond donors (Lipinski definition) is 1. The molecule has 0 aromatic heterocycles. The molecule has 4 nitrogen and oxygen atoms in total. The molecule has 1 aliphatic rings. The predicted octanol–water partition coefficient (Wildman–Crippen LogP) is 3.10. The molecule has 6 heteroatoms. The van der Waals surface area contributed by atoms with E-state index in [4.69, 9.17) is 4.74 Å². The Hall–Kier alpha value is -1.69. The quantitative estimate of drug-likeness (QED) is 0.791. The Morgan fingerprint density at radius 2 is 1.96 bits per heavy atom. The van der Waals surface area contributed by atoms with E-state index in [1.807, 2.05) is 13.8 Å². The Morgan fingerprint density at radius 1 is 1.29 bits per heavy atom. The fourth-order valence-electron chi connectivity index (χ4n) is 2.90. The first kappa shape index (κ1) is 18.6. The van der Waals surface area contributed by atoms with Crippen LogP contribution in [0.25, 0.3) is 0 Å². The monoisotopic (exact) mass is 340 g/mol. The highest BCUT2D eigenvalue weighted by molar-refractivity contribution is 5.79. The van der Waals surface area contributed by atoms with Crippen molar-refractivity contribution in [2.75, 3.05) is 26.7 Å². The molecule has 1 aromatic carbocycles. The van der Waals surface area contributed by atoms with Crippen LogP contribution in [0.15, 0.2) is 24.3 Å². The third kappa shape index (κ3) is 4.44. The molecule has 1 heterocycles. The fourth-order valence-corrected chi connectivity index (χ4v) is 2.90. The highest BCUT2D eigenvalue weighted by Gasteiger charge is 2.32. The van der Waals surface area contributed by atoms with Crippen LogP contribution in [0.4, 0.5) is 8.78 Å². The zero-order valence-corrected chi connectivity index (χ0v) is 14.5. The molecule has 1 saturated heterocycles. The number of nitrogens with zero attached hydrogens (tertiary/aromatic N) is 1. The van der Waals surface area contributed by atoms with Gasteiger partial charge < -0.3 is 15.0 Å². The SMILES string of the molecule is COc1ccccc1[C@@H](NC(=O)C(CN1CCC1)C(C)C)C(F)F. The molecule has 0 bridgehead atoms. The van der Waals surface area contributed by atoms with E-state index in [-0.39, 0.29) is 17.7 Å². The van der Waals surface area contributed by atoms with Gasteiger partial charge >= 0.3 is 0 Å². The highest BCUT2D eigenvalue weighted by atomic mass is 19.3. The van der Waals surface area contributed by atoms with Gasteiger partial charge in [-0.2, -0.15) is 0 Å². The van der Waals surface area contributed by atoms with Crippen LogP contribution in [0, 0.1) is 11.8 Å². The van der Waals surface area contributed by atoms with Crippen molar-refractivity contribution in [2.45, 2.75) is 32.7 Å². The number of para-hydroxylation sites is 1. The lowest BCUT2D eigenvalue weighted by atomic mass is 9.92. The average molecular weight is 340 g/mol. The van der Waals surface area contributed by atoms with Gasteiger partial charge in [0.1, 0.15) is 11.8 Å². The summed E-state index contributed by atoms with van der Waals surface area (Å²) >= 11 is 0. The lowest BCUT2D eigenvalue weighted by Crippen LogP contribution is -2.47. The van der Waals surface area contributed by atoms with Gasteiger partial charge in [0.05, 0.1) is 13.0 Å². The van der Waals surface area contributed by atoms with Gasteiger partial charge in [-0.05, 0) is 31.5 Å². The molecule has 0 radical (unpaired) electrons. The van der Waals surface area contributed by atoms with Crippen LogP contribution in [-0.4, -0.2) is 44.0 Å². The van der Waals surface area contributed by atoms with Crippen molar-refractivity contribution in [3.63, 3.8) is 0 Å². The predicted molar refractivity (Wildman–Crippen MR) is 89.3 cm³/mol. The van der Waals surface area contributed by atoms with E-state index in [2.05, 4.69) is 10.2 Å². The first-order valence-corrected chi connectivity index (χ1v) is 8.37. The van der Waals surface area contributed by atoms with E-state index in [1.165, 1.54) is 7.11 Å². The number of carbonyl (C=O) groups excluding carboxylic acids is 1. The lowest BCUT2D eigenvalue weighted by Gasteiger charge is -2.35. The summed E-state index contributed by atoms with van der Waals surface area (Å²) in [5, 5.41) is 2.55. The van der Waals surface area contributed by atoms with Gasteiger partial charge in [0.15, 0.2) is 0 Å². The molecule has 0 saturated carbocycles. The van der Waals surface area contributed by atoms with Crippen molar-refractivity contribution < 1.29 is 18.3 Å². The first-order chi connectivity index (χ1) is 11.4. The number of hydrogen-bond acceptors (Lipinski definition) is 3. The van der Waals surface area contributed by atoms with Crippen LogP contribution in [0.3, 0.4) is 0 Å². The Balaban J connectivity index is 2.14. The summed E-state index contributed by atoms with van der Waals surface area (Å²) in [6.45, 7) is 6.46.